The Morgan fingerprint density at radius 3 is 2.58 bits per heavy atom. The molecule has 138 valence electrons. The molecule has 1 aliphatic rings. The first-order chi connectivity index (χ1) is 12.5. The second-order valence-corrected chi connectivity index (χ2v) is 7.29. The van der Waals surface area contributed by atoms with Gasteiger partial charge in [0.1, 0.15) is 0 Å². The van der Waals surface area contributed by atoms with Crippen LogP contribution in [-0.4, -0.2) is 30.4 Å². The van der Waals surface area contributed by atoms with E-state index >= 15 is 0 Å². The van der Waals surface area contributed by atoms with Crippen LogP contribution in [0.1, 0.15) is 49.8 Å². The molecule has 0 unspecified atom stereocenters. The molecule has 1 fully saturated rings. The molecule has 1 saturated heterocycles. The summed E-state index contributed by atoms with van der Waals surface area (Å²) in [4.78, 5) is 14.6. The van der Waals surface area contributed by atoms with Gasteiger partial charge in [-0.3, -0.25) is 9.69 Å². The Balaban J connectivity index is 1.53. The minimum atomic E-state index is 0.0233. The van der Waals surface area contributed by atoms with E-state index < -0.39 is 0 Å². The summed E-state index contributed by atoms with van der Waals surface area (Å²) in [6, 6.07) is 13.5. The molecule has 0 atom stereocenters. The number of para-hydroxylation sites is 1. The van der Waals surface area contributed by atoms with Gasteiger partial charge >= 0.3 is 0 Å². The zero-order chi connectivity index (χ0) is 18.5. The molecule has 0 spiro atoms. The van der Waals surface area contributed by atoms with Gasteiger partial charge in [0.15, 0.2) is 11.9 Å². The molecule has 5 nitrogen and oxygen atoms in total. The molecule has 1 aliphatic heterocycles. The number of nitrogens with one attached hydrogen (secondary N) is 1. The van der Waals surface area contributed by atoms with Crippen LogP contribution in [0.5, 0.6) is 0 Å². The summed E-state index contributed by atoms with van der Waals surface area (Å²) in [5, 5.41) is 15.0. The molecule has 1 amide bonds. The quantitative estimate of drug-likeness (QED) is 0.663. The normalized spacial score (nSPS) is 16.0. The predicted octanol–water partition coefficient (Wildman–Crippen LogP) is 3.26. The van der Waals surface area contributed by atoms with E-state index in [9.17, 15) is 10.0 Å². The van der Waals surface area contributed by atoms with Crippen LogP contribution in [0.25, 0.3) is 0 Å². The van der Waals surface area contributed by atoms with Gasteiger partial charge in [0, 0.05) is 23.7 Å². The number of hydrogen-bond acceptors (Lipinski definition) is 3. The third-order valence-corrected chi connectivity index (χ3v) is 5.08. The molecule has 1 aromatic carbocycles. The van der Waals surface area contributed by atoms with E-state index in [4.69, 9.17) is 0 Å². The summed E-state index contributed by atoms with van der Waals surface area (Å²) in [6.07, 6.45) is 3.37. The highest BCUT2D eigenvalue weighted by molar-refractivity contribution is 5.93. The number of pyridine rings is 1. The maximum Gasteiger partial charge on any atom is 0.238 e. The first-order valence-electron chi connectivity index (χ1n) is 9.34. The van der Waals surface area contributed by atoms with E-state index in [0.29, 0.717) is 12.5 Å². The van der Waals surface area contributed by atoms with E-state index in [0.717, 1.165) is 47.6 Å². The molecule has 5 heteroatoms. The molecule has 1 aromatic heterocycles. The number of likely N-dealkylation sites (tertiary alicyclic amines) is 1. The summed E-state index contributed by atoms with van der Waals surface area (Å²) in [5.74, 6) is 0.664. The average molecular weight is 353 g/mol. The highest BCUT2D eigenvalue weighted by Gasteiger charge is 2.26. The summed E-state index contributed by atoms with van der Waals surface area (Å²) < 4.78 is 0.968. The molecule has 3 rings (SSSR count). The summed E-state index contributed by atoms with van der Waals surface area (Å²) >= 11 is 0. The number of rotatable bonds is 5. The Kier molecular flexibility index (Phi) is 5.89. The van der Waals surface area contributed by atoms with Crippen LogP contribution in [0.2, 0.25) is 0 Å². The monoisotopic (exact) mass is 353 g/mol. The Bertz CT molecular complexity index is 752. The van der Waals surface area contributed by atoms with E-state index in [1.165, 1.54) is 0 Å². The van der Waals surface area contributed by atoms with Gasteiger partial charge in [0.25, 0.3) is 0 Å². The van der Waals surface area contributed by atoms with Crippen molar-refractivity contribution in [1.82, 2.24) is 4.90 Å². The minimum Gasteiger partial charge on any atom is -0.618 e. The standard InChI is InChI=1S/C21H27N3O2/c1-16(2)18-7-3-4-8-19(18)22-21(25)15-23-13-10-17(11-14-23)20-9-5-6-12-24(20)26/h3-9,12,16-17H,10-11,13-15H2,1-2H3,(H,22,25). The largest absolute Gasteiger partial charge is 0.618 e. The first kappa shape index (κ1) is 18.4. The van der Waals surface area contributed by atoms with Crippen molar-refractivity contribution < 1.29 is 9.52 Å². The number of hydrogen-bond donors (Lipinski definition) is 1. The van der Waals surface area contributed by atoms with Gasteiger partial charge in [-0.15, -0.1) is 0 Å². The first-order valence-corrected chi connectivity index (χ1v) is 9.34. The van der Waals surface area contributed by atoms with Crippen molar-refractivity contribution in [1.29, 1.82) is 0 Å². The topological polar surface area (TPSA) is 59.3 Å². The fourth-order valence-electron chi connectivity index (χ4n) is 3.65. The van der Waals surface area contributed by atoms with Crippen molar-refractivity contribution in [2.45, 2.75) is 38.5 Å². The molecular formula is C21H27N3O2. The second-order valence-electron chi connectivity index (χ2n) is 7.29. The van der Waals surface area contributed by atoms with Crippen LogP contribution in [-0.2, 0) is 4.79 Å². The van der Waals surface area contributed by atoms with E-state index in [1.54, 1.807) is 12.3 Å². The van der Waals surface area contributed by atoms with Crippen LogP contribution >= 0.6 is 0 Å². The maximum absolute atomic E-state index is 12.5. The third-order valence-electron chi connectivity index (χ3n) is 5.08. The van der Waals surface area contributed by atoms with Crippen molar-refractivity contribution >= 4 is 11.6 Å². The molecule has 1 N–H and O–H groups in total. The van der Waals surface area contributed by atoms with Crippen molar-refractivity contribution in [2.24, 2.45) is 0 Å². The van der Waals surface area contributed by atoms with Gasteiger partial charge in [-0.05, 0) is 43.5 Å². The number of amides is 1. The van der Waals surface area contributed by atoms with Gasteiger partial charge in [0.2, 0.25) is 5.91 Å². The van der Waals surface area contributed by atoms with Gasteiger partial charge < -0.3 is 10.5 Å². The number of anilines is 1. The number of benzene rings is 1. The Labute approximate surface area is 155 Å². The van der Waals surface area contributed by atoms with Crippen LogP contribution in [0.3, 0.4) is 0 Å². The van der Waals surface area contributed by atoms with E-state index in [1.807, 2.05) is 30.3 Å². The Morgan fingerprint density at radius 1 is 1.19 bits per heavy atom. The number of aromatic nitrogens is 1. The van der Waals surface area contributed by atoms with Gasteiger partial charge in [-0.25, -0.2) is 0 Å². The van der Waals surface area contributed by atoms with Gasteiger partial charge in [-0.2, -0.15) is 4.73 Å². The van der Waals surface area contributed by atoms with Crippen molar-refractivity contribution in [3.63, 3.8) is 0 Å². The number of nitrogens with zero attached hydrogens (tertiary/aromatic N) is 2. The Morgan fingerprint density at radius 2 is 1.88 bits per heavy atom. The zero-order valence-corrected chi connectivity index (χ0v) is 15.5. The van der Waals surface area contributed by atoms with Crippen molar-refractivity contribution in [3.05, 3.63) is 65.1 Å². The SMILES string of the molecule is CC(C)c1ccccc1NC(=O)CN1CCC(c2cccc[n+]2[O-])CC1. The smallest absolute Gasteiger partial charge is 0.238 e. The van der Waals surface area contributed by atoms with Crippen LogP contribution < -0.4 is 10.0 Å². The molecule has 26 heavy (non-hydrogen) atoms. The molecule has 0 radical (unpaired) electrons. The summed E-state index contributed by atoms with van der Waals surface area (Å²) in [5.41, 5.74) is 2.89. The maximum atomic E-state index is 12.5. The molecule has 0 aliphatic carbocycles. The predicted molar refractivity (Wildman–Crippen MR) is 103 cm³/mol. The fraction of sp³-hybridized carbons (Fsp3) is 0.429. The van der Waals surface area contributed by atoms with Crippen molar-refractivity contribution in [3.8, 4) is 0 Å². The third kappa shape index (κ3) is 4.41. The molecule has 2 aromatic rings. The number of carbonyl (C=O) groups excluding carboxylic acids is 1. The summed E-state index contributed by atoms with van der Waals surface area (Å²) in [7, 11) is 0. The molecule has 0 saturated carbocycles. The number of piperidine rings is 1. The lowest BCUT2D eigenvalue weighted by Crippen LogP contribution is -2.41. The van der Waals surface area contributed by atoms with Crippen LogP contribution in [0.15, 0.2) is 48.7 Å². The molecule has 2 heterocycles. The Hall–Kier alpha value is -2.40. The summed E-state index contributed by atoms with van der Waals surface area (Å²) in [6.45, 7) is 6.31. The highest BCUT2D eigenvalue weighted by Crippen LogP contribution is 2.26. The minimum absolute atomic E-state index is 0.0233. The van der Waals surface area contributed by atoms with Crippen molar-refractivity contribution in [2.75, 3.05) is 25.0 Å². The lowest BCUT2D eigenvalue weighted by Gasteiger charge is -2.30. The highest BCUT2D eigenvalue weighted by atomic mass is 16.5. The van der Waals surface area contributed by atoms with Crippen LogP contribution in [0, 0.1) is 5.21 Å². The lowest BCUT2D eigenvalue weighted by molar-refractivity contribution is -0.616. The van der Waals surface area contributed by atoms with E-state index in [-0.39, 0.29) is 11.8 Å². The van der Waals surface area contributed by atoms with Gasteiger partial charge in [-0.1, -0.05) is 38.1 Å². The van der Waals surface area contributed by atoms with Crippen LogP contribution in [0.4, 0.5) is 5.69 Å². The zero-order valence-electron chi connectivity index (χ0n) is 15.5. The molecule has 0 bridgehead atoms. The van der Waals surface area contributed by atoms with E-state index in [2.05, 4.69) is 30.1 Å². The van der Waals surface area contributed by atoms with Gasteiger partial charge in [0.05, 0.1) is 6.54 Å². The average Bonchev–Trinajstić information content (AvgIpc) is 2.63. The second kappa shape index (κ2) is 8.32. The lowest BCUT2D eigenvalue weighted by atomic mass is 9.93. The fourth-order valence-corrected chi connectivity index (χ4v) is 3.65. The number of carbonyl (C=O) groups is 1. The molecular weight excluding hydrogens is 326 g/mol.